The molecule has 0 aromatic carbocycles. The zero-order valence-electron chi connectivity index (χ0n) is 10.9. The largest absolute Gasteiger partial charge is 0.465 e. The topological polar surface area (TPSA) is 58.0 Å². The zero-order valence-corrected chi connectivity index (χ0v) is 11.7. The number of hydrogen-bond donors (Lipinski definition) is 1. The molecule has 0 spiro atoms. The first-order valence-electron chi connectivity index (χ1n) is 6.42. The summed E-state index contributed by atoms with van der Waals surface area (Å²) in [4.78, 5) is 16.0. The van der Waals surface area contributed by atoms with Crippen molar-refractivity contribution in [1.82, 2.24) is 15.1 Å². The molecule has 20 heavy (non-hydrogen) atoms. The van der Waals surface area contributed by atoms with Crippen LogP contribution in [0.15, 0.2) is 28.5 Å². The smallest absolute Gasteiger partial charge is 0.277 e. The van der Waals surface area contributed by atoms with Gasteiger partial charge in [0.1, 0.15) is 11.5 Å². The van der Waals surface area contributed by atoms with Gasteiger partial charge in [-0.15, -0.1) is 0 Å². The number of thiocarbonyl (C=S) groups is 1. The van der Waals surface area contributed by atoms with Crippen molar-refractivity contribution in [2.45, 2.75) is 0 Å². The summed E-state index contributed by atoms with van der Waals surface area (Å²) in [5, 5.41) is 3.36. The van der Waals surface area contributed by atoms with Crippen molar-refractivity contribution in [2.24, 2.45) is 0 Å². The summed E-state index contributed by atoms with van der Waals surface area (Å²) < 4.78 is 10.5. The van der Waals surface area contributed by atoms with Crippen LogP contribution >= 0.6 is 12.2 Å². The van der Waals surface area contributed by atoms with E-state index in [1.54, 1.807) is 29.4 Å². The Morgan fingerprint density at radius 3 is 2.90 bits per heavy atom. The molecule has 0 atom stereocenters. The molecule has 1 aromatic rings. The highest BCUT2D eigenvalue weighted by atomic mass is 32.1. The van der Waals surface area contributed by atoms with E-state index in [0.717, 1.165) is 13.1 Å². The molecule has 0 aliphatic carbocycles. The van der Waals surface area contributed by atoms with Gasteiger partial charge in [-0.3, -0.25) is 14.6 Å². The van der Waals surface area contributed by atoms with Crippen molar-refractivity contribution < 1.29 is 13.9 Å². The first-order valence-corrected chi connectivity index (χ1v) is 6.83. The van der Waals surface area contributed by atoms with Crippen LogP contribution in [0.4, 0.5) is 0 Å². The monoisotopic (exact) mass is 293 g/mol. The minimum atomic E-state index is -0.127. The van der Waals surface area contributed by atoms with E-state index in [1.807, 2.05) is 0 Å². The van der Waals surface area contributed by atoms with Crippen LogP contribution in [-0.4, -0.2) is 53.8 Å². The average molecular weight is 293 g/mol. The van der Waals surface area contributed by atoms with Crippen LogP contribution in [0.1, 0.15) is 5.76 Å². The highest BCUT2D eigenvalue weighted by Gasteiger charge is 2.32. The van der Waals surface area contributed by atoms with E-state index in [-0.39, 0.29) is 5.91 Å². The van der Waals surface area contributed by atoms with Gasteiger partial charge in [0.2, 0.25) is 0 Å². The summed E-state index contributed by atoms with van der Waals surface area (Å²) in [7, 11) is 0. The molecule has 2 saturated heterocycles. The summed E-state index contributed by atoms with van der Waals surface area (Å²) in [5.41, 5.74) is 0.443. The lowest BCUT2D eigenvalue weighted by molar-refractivity contribution is -0.124. The molecule has 7 heteroatoms. The molecule has 1 N–H and O–H groups in total. The van der Waals surface area contributed by atoms with E-state index >= 15 is 0 Å². The zero-order chi connectivity index (χ0) is 13.9. The van der Waals surface area contributed by atoms with Gasteiger partial charge in [0.25, 0.3) is 5.91 Å². The Morgan fingerprint density at radius 2 is 2.20 bits per heavy atom. The number of furan rings is 1. The SMILES string of the molecule is O=C1/C(=C\c2ccco2)NC(=S)N1CN1CCOCC1. The first kappa shape index (κ1) is 13.3. The van der Waals surface area contributed by atoms with Gasteiger partial charge in [0.15, 0.2) is 5.11 Å². The third kappa shape index (κ3) is 2.74. The lowest BCUT2D eigenvalue weighted by atomic mass is 10.3. The Labute approximate surface area is 122 Å². The second-order valence-electron chi connectivity index (χ2n) is 4.61. The Hall–Kier alpha value is -1.70. The standard InChI is InChI=1S/C13H15N3O3S/c17-12-11(8-10-2-1-5-19-10)14-13(20)16(12)9-15-3-6-18-7-4-15/h1-2,5,8H,3-4,6-7,9H2,(H,14,20)/b11-8+. The maximum absolute atomic E-state index is 12.3. The number of ether oxygens (including phenoxy) is 1. The van der Waals surface area contributed by atoms with Crippen LogP contribution in [0, 0.1) is 0 Å². The number of nitrogens with zero attached hydrogens (tertiary/aromatic N) is 2. The first-order chi connectivity index (χ1) is 9.74. The van der Waals surface area contributed by atoms with Crippen LogP contribution in [0.5, 0.6) is 0 Å². The van der Waals surface area contributed by atoms with Gasteiger partial charge in [-0.2, -0.15) is 0 Å². The van der Waals surface area contributed by atoms with Crippen molar-refractivity contribution in [3.05, 3.63) is 29.9 Å². The number of carbonyl (C=O) groups is 1. The van der Waals surface area contributed by atoms with E-state index in [2.05, 4.69) is 10.2 Å². The molecular formula is C13H15N3O3S. The van der Waals surface area contributed by atoms with Gasteiger partial charge >= 0.3 is 0 Å². The second kappa shape index (κ2) is 5.74. The molecule has 1 amide bonds. The second-order valence-corrected chi connectivity index (χ2v) is 5.00. The third-order valence-electron chi connectivity index (χ3n) is 3.24. The van der Waals surface area contributed by atoms with Crippen LogP contribution in [0.2, 0.25) is 0 Å². The molecule has 3 heterocycles. The number of carbonyl (C=O) groups excluding carboxylic acids is 1. The van der Waals surface area contributed by atoms with Gasteiger partial charge < -0.3 is 14.5 Å². The van der Waals surface area contributed by atoms with Gasteiger partial charge in [0, 0.05) is 19.2 Å². The van der Waals surface area contributed by atoms with Crippen LogP contribution in [0.25, 0.3) is 6.08 Å². The van der Waals surface area contributed by atoms with Gasteiger partial charge in [-0.05, 0) is 24.4 Å². The fraction of sp³-hybridized carbons (Fsp3) is 0.385. The Bertz CT molecular complexity index is 535. The molecule has 2 fully saturated rings. The summed E-state index contributed by atoms with van der Waals surface area (Å²) in [6, 6.07) is 3.56. The third-order valence-corrected chi connectivity index (χ3v) is 3.56. The minimum absolute atomic E-state index is 0.127. The van der Waals surface area contributed by atoms with E-state index in [9.17, 15) is 4.79 Å². The maximum Gasteiger partial charge on any atom is 0.277 e. The predicted molar refractivity (Wildman–Crippen MR) is 76.5 cm³/mol. The van der Waals surface area contributed by atoms with E-state index in [0.29, 0.717) is 36.5 Å². The van der Waals surface area contributed by atoms with Crippen LogP contribution < -0.4 is 5.32 Å². The van der Waals surface area contributed by atoms with E-state index < -0.39 is 0 Å². The number of amides is 1. The number of hydrogen-bond acceptors (Lipinski definition) is 5. The van der Waals surface area contributed by atoms with Gasteiger partial charge in [-0.1, -0.05) is 0 Å². The van der Waals surface area contributed by atoms with Crippen molar-refractivity contribution in [1.29, 1.82) is 0 Å². The molecule has 3 rings (SSSR count). The Kier molecular flexibility index (Phi) is 3.81. The Balaban J connectivity index is 1.70. The molecule has 106 valence electrons. The van der Waals surface area contributed by atoms with Crippen molar-refractivity contribution in [2.75, 3.05) is 33.0 Å². The maximum atomic E-state index is 12.3. The molecule has 0 saturated carbocycles. The Morgan fingerprint density at radius 1 is 1.40 bits per heavy atom. The molecule has 1 aromatic heterocycles. The van der Waals surface area contributed by atoms with Crippen LogP contribution in [0.3, 0.4) is 0 Å². The van der Waals surface area contributed by atoms with Crippen LogP contribution in [-0.2, 0) is 9.53 Å². The summed E-state index contributed by atoms with van der Waals surface area (Å²) in [6.07, 6.45) is 3.23. The molecular weight excluding hydrogens is 278 g/mol. The molecule has 2 aliphatic heterocycles. The average Bonchev–Trinajstić information content (AvgIpc) is 3.05. The minimum Gasteiger partial charge on any atom is -0.465 e. The molecule has 2 aliphatic rings. The summed E-state index contributed by atoms with van der Waals surface area (Å²) >= 11 is 5.22. The number of rotatable bonds is 3. The lowest BCUT2D eigenvalue weighted by Gasteiger charge is -2.29. The lowest BCUT2D eigenvalue weighted by Crippen LogP contribution is -2.46. The molecule has 0 bridgehead atoms. The van der Waals surface area contributed by atoms with Crippen molar-refractivity contribution in [3.8, 4) is 0 Å². The van der Waals surface area contributed by atoms with E-state index in [4.69, 9.17) is 21.4 Å². The van der Waals surface area contributed by atoms with Gasteiger partial charge in [-0.25, -0.2) is 0 Å². The van der Waals surface area contributed by atoms with E-state index in [1.165, 1.54) is 0 Å². The normalized spacial score (nSPS) is 22.6. The molecule has 0 unspecified atom stereocenters. The predicted octanol–water partition coefficient (Wildman–Crippen LogP) is 0.627. The number of nitrogens with one attached hydrogen (secondary N) is 1. The highest BCUT2D eigenvalue weighted by Crippen LogP contribution is 2.15. The van der Waals surface area contributed by atoms with Crippen molar-refractivity contribution in [3.63, 3.8) is 0 Å². The van der Waals surface area contributed by atoms with Gasteiger partial charge in [0.05, 0.1) is 26.1 Å². The fourth-order valence-corrected chi connectivity index (χ4v) is 2.41. The molecule has 6 nitrogen and oxygen atoms in total. The fourth-order valence-electron chi connectivity index (χ4n) is 2.16. The highest BCUT2D eigenvalue weighted by molar-refractivity contribution is 7.80. The molecule has 0 radical (unpaired) electrons. The summed E-state index contributed by atoms with van der Waals surface area (Å²) in [5.74, 6) is 0.495. The summed E-state index contributed by atoms with van der Waals surface area (Å²) in [6.45, 7) is 3.49. The quantitative estimate of drug-likeness (QED) is 0.651. The number of morpholine rings is 1. The van der Waals surface area contributed by atoms with Crippen molar-refractivity contribution >= 4 is 29.3 Å².